The van der Waals surface area contributed by atoms with Gasteiger partial charge in [0.25, 0.3) is 0 Å². The van der Waals surface area contributed by atoms with Gasteiger partial charge in [-0.1, -0.05) is 320 Å². The monoisotopic (exact) mass is 1910 g/mol. The Hall–Kier alpha value is -11.6. The van der Waals surface area contributed by atoms with E-state index in [4.69, 9.17) is 19.2 Å². The Labute approximate surface area is 840 Å². The van der Waals surface area contributed by atoms with E-state index in [9.17, 15) is 19.2 Å². The van der Waals surface area contributed by atoms with Gasteiger partial charge in [-0.25, -0.2) is 9.36 Å². The summed E-state index contributed by atoms with van der Waals surface area (Å²) in [6.45, 7) is 66.3. The highest BCUT2D eigenvalue weighted by atomic mass is 16.7. The number of ether oxygens (including phenoxy) is 1. The van der Waals surface area contributed by atoms with Crippen molar-refractivity contribution >= 4 is 69.0 Å². The molecule has 0 N–H and O–H groups in total. The molecular weight excluding hydrogens is 1750 g/mol. The van der Waals surface area contributed by atoms with E-state index in [-0.39, 0.29) is 68.6 Å². The normalized spacial score (nSPS) is 19.7. The van der Waals surface area contributed by atoms with Crippen LogP contribution in [0.25, 0.3) is 67.7 Å². The summed E-state index contributed by atoms with van der Waals surface area (Å²) in [5, 5.41) is 24.3. The average Bonchev–Trinajstić information content (AvgIpc) is 1.30. The highest BCUT2D eigenvalue weighted by Crippen LogP contribution is 2.58. The molecule has 0 radical (unpaired) electrons. The molecule has 0 bridgehead atoms. The van der Waals surface area contributed by atoms with Crippen LogP contribution in [-0.2, 0) is 75.7 Å². The second-order valence-electron chi connectivity index (χ2n) is 50.1. The molecule has 8 aromatic carbocycles. The maximum absolute atomic E-state index is 13.6. The average molecular weight is 1910 g/mol. The Kier molecular flexibility index (Phi) is 28.4. The van der Waals surface area contributed by atoms with Crippen LogP contribution in [0, 0.1) is 55.7 Å². The van der Waals surface area contributed by atoms with Gasteiger partial charge in [0.1, 0.15) is 17.1 Å². The van der Waals surface area contributed by atoms with Crippen LogP contribution in [-0.4, -0.2) is 120 Å². The molecule has 21 heteroatoms. The molecular formula is C120H155N13O8. The molecule has 141 heavy (non-hydrogen) atoms. The minimum atomic E-state index is -0.493. The van der Waals surface area contributed by atoms with Crippen LogP contribution < -0.4 is 19.6 Å². The molecule has 4 amide bonds. The van der Waals surface area contributed by atoms with E-state index >= 15 is 0 Å². The number of amides is 4. The van der Waals surface area contributed by atoms with Gasteiger partial charge in [0.15, 0.2) is 11.5 Å². The first kappa shape index (κ1) is 104. The summed E-state index contributed by atoms with van der Waals surface area (Å²) in [7, 11) is 6.11. The van der Waals surface area contributed by atoms with Crippen molar-refractivity contribution in [3.05, 3.63) is 250 Å². The van der Waals surface area contributed by atoms with E-state index in [0.717, 1.165) is 160 Å². The van der Waals surface area contributed by atoms with Gasteiger partial charge in [-0.15, -0.1) is 25.4 Å². The third-order valence-corrected chi connectivity index (χ3v) is 28.1. The minimum Gasteiger partial charge on any atom is -0.410 e. The van der Waals surface area contributed by atoms with Gasteiger partial charge in [0.2, 0.25) is 23.6 Å². The van der Waals surface area contributed by atoms with Gasteiger partial charge in [-0.3, -0.25) is 19.2 Å². The fourth-order valence-electron chi connectivity index (χ4n) is 21.7. The number of nitrogens with zero attached hydrogens (tertiary/aromatic N) is 13. The first-order valence-electron chi connectivity index (χ1n) is 50.7. The number of hydroxylamine groups is 6. The van der Waals surface area contributed by atoms with Crippen molar-refractivity contribution in [1.82, 2.24) is 45.2 Å². The first-order chi connectivity index (χ1) is 65.7. The topological polar surface area (TPSA) is 189 Å². The second-order valence-corrected chi connectivity index (χ2v) is 50.1. The fourth-order valence-corrected chi connectivity index (χ4v) is 21.7. The van der Waals surface area contributed by atoms with Crippen LogP contribution in [0.3, 0.4) is 0 Å². The summed E-state index contributed by atoms with van der Waals surface area (Å²) in [5.74, 6) is 5.95. The molecule has 6 unspecified atom stereocenters. The van der Waals surface area contributed by atoms with Gasteiger partial charge in [0, 0.05) is 99.3 Å². The van der Waals surface area contributed by atoms with E-state index in [0.29, 0.717) is 32.2 Å². The van der Waals surface area contributed by atoms with Gasteiger partial charge in [-0.2, -0.15) is 0 Å². The standard InChI is InChI=1S/2C26H32N2O2.2C24H28N4O.C20H35NO2/c1-25(2,3)23-21-19-14-10-11-15-20(19)28(24(29)26(4,5)6)16-17-12-8-9-13-18(17)22(21)30-27(23)7;1-25(2,3)23-21-18-13-9-8-12-17(18)16-28(24(29)26(4,5)6)20-15-11-10-14-19(20)22(21)30-27(23)7;1-23(2,3)22(29)27-15-16-11-7-8-12-17(16)21-20(18-13-9-10-14-19(18)27)25-26-28(21)24(4,5)6;1-23(2,3)22(29)27-15-16-11-7-8-12-17(16)20-21(18-13-9-10-14-19(18)27)28(26-25-20)24(4,5)6;1-19(2,3)18-15-9-8-13-14(10-11-17(15)23-21(18)7)16(13)12-22-20(4,5)6/h2*8-15,23H,16H2,1-7H3;2*7-14H,15H2,1-6H3;13-14,16,18H,8-12H2,1-7H3. The van der Waals surface area contributed by atoms with E-state index in [1.54, 1.807) is 5.57 Å². The van der Waals surface area contributed by atoms with Crippen molar-refractivity contribution in [2.75, 3.05) is 47.3 Å². The maximum atomic E-state index is 13.6. The summed E-state index contributed by atoms with van der Waals surface area (Å²) in [5.41, 5.74) is 21.6. The molecule has 1 saturated carbocycles. The van der Waals surface area contributed by atoms with Crippen LogP contribution in [0.4, 0.5) is 22.7 Å². The number of carbonyl (C=O) groups is 4. The molecule has 1 fully saturated rings. The Balaban J connectivity index is 0.000000133. The number of hydrogen-bond acceptors (Lipinski definition) is 15. The number of para-hydroxylation sites is 4. The van der Waals surface area contributed by atoms with Crippen LogP contribution in [0.2, 0.25) is 0 Å². The van der Waals surface area contributed by atoms with Crippen molar-refractivity contribution in [1.29, 1.82) is 0 Å². The van der Waals surface area contributed by atoms with Crippen molar-refractivity contribution in [3.8, 4) is 45.0 Å². The predicted octanol–water partition coefficient (Wildman–Crippen LogP) is 26.8. The highest BCUT2D eigenvalue weighted by Gasteiger charge is 2.54. The minimum absolute atomic E-state index is 0.0129. The number of allylic oxidation sites excluding steroid dienone is 1. The van der Waals surface area contributed by atoms with Crippen molar-refractivity contribution in [2.45, 2.75) is 294 Å². The molecule has 7 aliphatic heterocycles. The third-order valence-electron chi connectivity index (χ3n) is 28.1. The lowest BCUT2D eigenvalue weighted by Crippen LogP contribution is -2.41. The molecule has 21 nitrogen and oxygen atoms in total. The van der Waals surface area contributed by atoms with Gasteiger partial charge >= 0.3 is 0 Å². The lowest BCUT2D eigenvalue weighted by molar-refractivity contribution is -0.126. The Morgan fingerprint density at radius 3 is 1.04 bits per heavy atom. The van der Waals surface area contributed by atoms with Crippen LogP contribution in [0.5, 0.6) is 0 Å². The molecule has 2 aliphatic carbocycles. The Bertz CT molecular complexity index is 6470. The molecule has 9 aliphatic rings. The fraction of sp³-hybridized carbons (Fsp3) is 0.483. The van der Waals surface area contributed by atoms with E-state index in [1.807, 2.05) is 239 Å². The summed E-state index contributed by atoms with van der Waals surface area (Å²) < 4.78 is 10.0. The number of carbonyl (C=O) groups excluding carboxylic acids is 4. The Morgan fingerprint density at radius 2 is 0.624 bits per heavy atom. The molecule has 19 rings (SSSR count). The predicted molar refractivity (Wildman–Crippen MR) is 572 cm³/mol. The maximum Gasteiger partial charge on any atom is 0.232 e. The van der Waals surface area contributed by atoms with E-state index in [1.165, 1.54) is 30.6 Å². The number of likely N-dealkylation sites (N-methyl/N-ethyl adjacent to an activating group) is 3. The van der Waals surface area contributed by atoms with Crippen molar-refractivity contribution in [2.24, 2.45) is 55.7 Å². The summed E-state index contributed by atoms with van der Waals surface area (Å²) >= 11 is 0. The number of benzene rings is 8. The molecule has 0 saturated heterocycles. The smallest absolute Gasteiger partial charge is 0.232 e. The van der Waals surface area contributed by atoms with Gasteiger partial charge < -0.3 is 38.8 Å². The zero-order chi connectivity index (χ0) is 103. The van der Waals surface area contributed by atoms with Crippen molar-refractivity contribution < 1.29 is 38.4 Å². The molecule has 10 aromatic rings. The first-order valence-corrected chi connectivity index (χ1v) is 50.7. The third kappa shape index (κ3) is 21.3. The highest BCUT2D eigenvalue weighted by molar-refractivity contribution is 6.07. The number of hydrogen-bond donors (Lipinski definition) is 0. The number of anilines is 4. The van der Waals surface area contributed by atoms with Crippen molar-refractivity contribution in [3.63, 3.8) is 0 Å². The van der Waals surface area contributed by atoms with Crippen LogP contribution in [0.15, 0.2) is 205 Å². The quantitative estimate of drug-likeness (QED) is 0.159. The van der Waals surface area contributed by atoms with Crippen LogP contribution in [0.1, 0.15) is 278 Å². The number of rotatable bonds is 2. The number of aromatic nitrogens is 6. The van der Waals surface area contributed by atoms with Gasteiger partial charge in [0.05, 0.1) is 102 Å². The van der Waals surface area contributed by atoms with E-state index in [2.05, 4.69) is 248 Å². The SMILES string of the molecule is CC(C)(C)C(=O)N1Cc2ccccc2-c2c(nnn2C(C)(C)C)-c2ccccc21.CC(C)(C)C(=O)N1Cc2ccccc2-c2nnn(C(C)(C)C)c2-c2ccccc21.CN1OC2=C(CCC3C(CC2)C3COC(C)(C)C)C1C(C)(C)C.CN1OC2=C(c3ccccc3CN(C(=O)C(C)(C)C)c3ccccc32)C1C(C)(C)C.CN1OC2=C(c3ccccc3N(C(=O)C(C)(C)C)Cc3ccccc32)C1C(C)(C)C. The summed E-state index contributed by atoms with van der Waals surface area (Å²) in [6.07, 6.45) is 4.89. The molecule has 748 valence electrons. The molecule has 2 aromatic heterocycles. The molecule has 6 atom stereocenters. The molecule has 0 spiro atoms. The Morgan fingerprint density at radius 1 is 0.326 bits per heavy atom. The second kappa shape index (κ2) is 38.6. The molecule has 9 heterocycles. The zero-order valence-corrected chi connectivity index (χ0v) is 90.4. The lowest BCUT2D eigenvalue weighted by atomic mass is 9.77. The van der Waals surface area contributed by atoms with Gasteiger partial charge in [-0.05, 0) is 179 Å². The number of fused-ring (bicyclic) bond motifs is 19. The summed E-state index contributed by atoms with van der Waals surface area (Å²) in [6, 6.07) is 66.2. The largest absolute Gasteiger partial charge is 0.410 e. The van der Waals surface area contributed by atoms with Crippen LogP contribution >= 0.6 is 0 Å². The van der Waals surface area contributed by atoms with E-state index < -0.39 is 21.7 Å². The summed E-state index contributed by atoms with van der Waals surface area (Å²) in [4.78, 5) is 80.6. The lowest BCUT2D eigenvalue weighted by Gasteiger charge is -2.36. The zero-order valence-electron chi connectivity index (χ0n) is 90.4.